The molecule has 1 aliphatic heterocycles. The second-order valence-electron chi connectivity index (χ2n) is 8.05. The molecule has 0 radical (unpaired) electrons. The number of hydrogen-bond acceptors (Lipinski definition) is 4. The molecule has 1 atom stereocenters. The van der Waals surface area contributed by atoms with E-state index in [0.29, 0.717) is 12.1 Å². The standard InChI is InChI=1S/C23H26N6O.ClH/c1-3-29-19-9-5-4-7-15(19)12-20(29)22-26-18-11-16(13-25-21(18)27(22)2)23(30)28-10-6-8-17(24)14-28;/h4-5,7,9,11-13,17H,3,6,8,10,14,24H2,1-2H3;1H. The van der Waals surface area contributed by atoms with E-state index in [1.165, 1.54) is 10.9 Å². The molecule has 1 saturated heterocycles. The van der Waals surface area contributed by atoms with Crippen LogP contribution in [-0.2, 0) is 13.6 Å². The highest BCUT2D eigenvalue weighted by Gasteiger charge is 2.24. The number of aryl methyl sites for hydroxylation is 2. The van der Waals surface area contributed by atoms with E-state index in [2.05, 4.69) is 40.7 Å². The lowest BCUT2D eigenvalue weighted by Gasteiger charge is -2.30. The monoisotopic (exact) mass is 438 g/mol. The molecule has 4 aromatic rings. The zero-order valence-electron chi connectivity index (χ0n) is 17.8. The number of amides is 1. The van der Waals surface area contributed by atoms with E-state index in [4.69, 9.17) is 10.7 Å². The number of nitrogens with zero attached hydrogens (tertiary/aromatic N) is 5. The normalized spacial score (nSPS) is 16.6. The average Bonchev–Trinajstić information content (AvgIpc) is 3.30. The van der Waals surface area contributed by atoms with Crippen molar-refractivity contribution in [2.45, 2.75) is 32.4 Å². The van der Waals surface area contributed by atoms with Crippen molar-refractivity contribution in [3.05, 3.63) is 48.2 Å². The predicted octanol–water partition coefficient (Wildman–Crippen LogP) is 3.60. The van der Waals surface area contributed by atoms with Crippen LogP contribution in [0.3, 0.4) is 0 Å². The van der Waals surface area contributed by atoms with Crippen LogP contribution in [-0.4, -0.2) is 49.0 Å². The van der Waals surface area contributed by atoms with Crippen molar-refractivity contribution in [3.63, 3.8) is 0 Å². The molecule has 31 heavy (non-hydrogen) atoms. The predicted molar refractivity (Wildman–Crippen MR) is 125 cm³/mol. The van der Waals surface area contributed by atoms with E-state index in [1.807, 2.05) is 28.6 Å². The number of fused-ring (bicyclic) bond motifs is 2. The quantitative estimate of drug-likeness (QED) is 0.529. The summed E-state index contributed by atoms with van der Waals surface area (Å²) in [7, 11) is 1.97. The van der Waals surface area contributed by atoms with Crippen LogP contribution in [0.1, 0.15) is 30.1 Å². The number of carbonyl (C=O) groups excluding carboxylic acids is 1. The summed E-state index contributed by atoms with van der Waals surface area (Å²) in [6, 6.07) is 12.4. The molecule has 2 N–H and O–H groups in total. The van der Waals surface area contributed by atoms with Crippen molar-refractivity contribution < 1.29 is 4.79 Å². The first-order chi connectivity index (χ1) is 14.6. The lowest BCUT2D eigenvalue weighted by molar-refractivity contribution is 0.0708. The Morgan fingerprint density at radius 2 is 2.06 bits per heavy atom. The molecule has 1 unspecified atom stereocenters. The molecule has 8 heteroatoms. The SMILES string of the molecule is CCn1c(-c2nc3cc(C(=O)N4CCCC(N)C4)cnc3n2C)cc2ccccc21.Cl. The summed E-state index contributed by atoms with van der Waals surface area (Å²) < 4.78 is 4.26. The van der Waals surface area contributed by atoms with Gasteiger partial charge in [0.25, 0.3) is 5.91 Å². The molecule has 1 amide bonds. The van der Waals surface area contributed by atoms with Crippen molar-refractivity contribution in [2.24, 2.45) is 12.8 Å². The highest BCUT2D eigenvalue weighted by atomic mass is 35.5. The number of rotatable bonds is 3. The third-order valence-corrected chi connectivity index (χ3v) is 6.06. The number of hydrogen-bond donors (Lipinski definition) is 1. The molecule has 1 aliphatic rings. The maximum Gasteiger partial charge on any atom is 0.255 e. The van der Waals surface area contributed by atoms with Gasteiger partial charge in [0.05, 0.1) is 11.3 Å². The first kappa shape index (κ1) is 21.3. The van der Waals surface area contributed by atoms with E-state index < -0.39 is 0 Å². The molecule has 162 valence electrons. The molecule has 5 rings (SSSR count). The topological polar surface area (TPSA) is 82.0 Å². The summed E-state index contributed by atoms with van der Waals surface area (Å²) >= 11 is 0. The number of aromatic nitrogens is 4. The maximum absolute atomic E-state index is 13.0. The highest BCUT2D eigenvalue weighted by Crippen LogP contribution is 2.29. The zero-order chi connectivity index (χ0) is 20.8. The number of likely N-dealkylation sites (tertiary alicyclic amines) is 1. The Kier molecular flexibility index (Phi) is 5.73. The van der Waals surface area contributed by atoms with Gasteiger partial charge < -0.3 is 19.8 Å². The van der Waals surface area contributed by atoms with Gasteiger partial charge in [-0.3, -0.25) is 4.79 Å². The van der Waals surface area contributed by atoms with Crippen molar-refractivity contribution in [2.75, 3.05) is 13.1 Å². The number of benzene rings is 1. The van der Waals surface area contributed by atoms with Crippen LogP contribution in [0.15, 0.2) is 42.6 Å². The van der Waals surface area contributed by atoms with Crippen molar-refractivity contribution in [3.8, 4) is 11.5 Å². The van der Waals surface area contributed by atoms with Gasteiger partial charge in [0.15, 0.2) is 11.5 Å². The number of carbonyl (C=O) groups is 1. The van der Waals surface area contributed by atoms with Gasteiger partial charge >= 0.3 is 0 Å². The van der Waals surface area contributed by atoms with Crippen LogP contribution in [0.25, 0.3) is 33.6 Å². The minimum Gasteiger partial charge on any atom is -0.338 e. The van der Waals surface area contributed by atoms with Gasteiger partial charge in [-0.1, -0.05) is 18.2 Å². The number of nitrogens with two attached hydrogens (primary N) is 1. The lowest BCUT2D eigenvalue weighted by Crippen LogP contribution is -2.45. The molecule has 0 aliphatic carbocycles. The smallest absolute Gasteiger partial charge is 0.255 e. The number of imidazole rings is 1. The Hall–Kier alpha value is -2.90. The lowest BCUT2D eigenvalue weighted by atomic mass is 10.1. The van der Waals surface area contributed by atoms with Crippen LogP contribution in [0.4, 0.5) is 0 Å². The first-order valence-electron chi connectivity index (χ1n) is 10.5. The van der Waals surface area contributed by atoms with Gasteiger partial charge in [-0.2, -0.15) is 0 Å². The molecular formula is C23H27ClN6O. The van der Waals surface area contributed by atoms with Crippen LogP contribution < -0.4 is 5.73 Å². The summed E-state index contributed by atoms with van der Waals surface area (Å²) in [6.07, 6.45) is 3.57. The van der Waals surface area contributed by atoms with Gasteiger partial charge in [0, 0.05) is 49.8 Å². The van der Waals surface area contributed by atoms with Crippen LogP contribution in [0, 0.1) is 0 Å². The fourth-order valence-electron chi connectivity index (χ4n) is 4.54. The summed E-state index contributed by atoms with van der Waals surface area (Å²) in [4.78, 5) is 24.2. The molecule has 4 heterocycles. The van der Waals surface area contributed by atoms with Crippen molar-refractivity contribution >= 4 is 40.4 Å². The fourth-order valence-corrected chi connectivity index (χ4v) is 4.54. The summed E-state index contributed by atoms with van der Waals surface area (Å²) in [5, 5.41) is 1.19. The summed E-state index contributed by atoms with van der Waals surface area (Å²) in [5.41, 5.74) is 10.4. The van der Waals surface area contributed by atoms with E-state index in [0.717, 1.165) is 48.6 Å². The van der Waals surface area contributed by atoms with E-state index in [9.17, 15) is 4.79 Å². The van der Waals surface area contributed by atoms with Crippen LogP contribution in [0.5, 0.6) is 0 Å². The second kappa shape index (κ2) is 8.32. The number of halogens is 1. The minimum atomic E-state index is -0.0191. The van der Waals surface area contributed by atoms with Gasteiger partial charge in [0.1, 0.15) is 5.52 Å². The molecule has 0 spiro atoms. The Balaban J connectivity index is 0.00000231. The Morgan fingerprint density at radius 1 is 1.26 bits per heavy atom. The summed E-state index contributed by atoms with van der Waals surface area (Å²) in [5.74, 6) is 0.828. The second-order valence-corrected chi connectivity index (χ2v) is 8.05. The van der Waals surface area contributed by atoms with Crippen LogP contribution >= 0.6 is 12.4 Å². The van der Waals surface area contributed by atoms with Crippen molar-refractivity contribution in [1.29, 1.82) is 0 Å². The Morgan fingerprint density at radius 3 is 2.84 bits per heavy atom. The first-order valence-corrected chi connectivity index (χ1v) is 10.5. The number of piperidine rings is 1. The molecule has 0 bridgehead atoms. The zero-order valence-corrected chi connectivity index (χ0v) is 18.6. The van der Waals surface area contributed by atoms with E-state index >= 15 is 0 Å². The third-order valence-electron chi connectivity index (χ3n) is 6.06. The van der Waals surface area contributed by atoms with E-state index in [1.54, 1.807) is 6.20 Å². The van der Waals surface area contributed by atoms with Gasteiger partial charge in [0.2, 0.25) is 0 Å². The Labute approximate surface area is 187 Å². The average molecular weight is 439 g/mol. The largest absolute Gasteiger partial charge is 0.338 e. The van der Waals surface area contributed by atoms with Gasteiger partial charge in [-0.05, 0) is 38.0 Å². The van der Waals surface area contributed by atoms with E-state index in [-0.39, 0.29) is 24.4 Å². The third kappa shape index (κ3) is 3.58. The maximum atomic E-state index is 13.0. The highest BCUT2D eigenvalue weighted by molar-refractivity contribution is 5.97. The number of para-hydroxylation sites is 1. The molecule has 3 aromatic heterocycles. The van der Waals surface area contributed by atoms with Gasteiger partial charge in [-0.25, -0.2) is 9.97 Å². The Bertz CT molecular complexity index is 1260. The van der Waals surface area contributed by atoms with Gasteiger partial charge in [-0.15, -0.1) is 12.4 Å². The minimum absolute atomic E-state index is 0. The van der Waals surface area contributed by atoms with Crippen molar-refractivity contribution in [1.82, 2.24) is 24.0 Å². The number of pyridine rings is 1. The van der Waals surface area contributed by atoms with Crippen LogP contribution in [0.2, 0.25) is 0 Å². The molecule has 1 aromatic carbocycles. The molecule has 7 nitrogen and oxygen atoms in total. The molecule has 1 fully saturated rings. The molecule has 0 saturated carbocycles. The summed E-state index contributed by atoms with van der Waals surface area (Å²) in [6.45, 7) is 4.32. The fraction of sp³-hybridized carbons (Fsp3) is 0.348. The molecular weight excluding hydrogens is 412 g/mol.